The van der Waals surface area contributed by atoms with E-state index in [0.29, 0.717) is 18.5 Å². The van der Waals surface area contributed by atoms with Crippen molar-refractivity contribution < 1.29 is 33.5 Å². The zero-order chi connectivity index (χ0) is 25.9. The molecule has 0 bridgehead atoms. The molecule has 0 unspecified atom stereocenters. The maximum Gasteiger partial charge on any atom is 0.469 e. The van der Waals surface area contributed by atoms with Gasteiger partial charge >= 0.3 is 13.5 Å². The standard InChI is InChI=1S/C22H30N3O9P/c1-4-14-7-6-8-15(5-2)20(14)23-18(27)11-25-21(28)13(3)10-24(22(25)29)19-9-16(17(12-26)33-19)34-35(30,31)32/h6-8,10,16-17,19,26H,4-5,9,11-12H2,1-3H3,(H,23,27)(H2,30,31,32)/t16-,17+,19+/m0/s1. The Hall–Kier alpha value is -2.60. The van der Waals surface area contributed by atoms with Crippen LogP contribution >= 0.6 is 7.82 Å². The Balaban J connectivity index is 1.90. The second-order valence-electron chi connectivity index (χ2n) is 8.28. The van der Waals surface area contributed by atoms with E-state index < -0.39 is 56.6 Å². The van der Waals surface area contributed by atoms with Gasteiger partial charge in [-0.1, -0.05) is 32.0 Å². The summed E-state index contributed by atoms with van der Waals surface area (Å²) in [7, 11) is -4.87. The summed E-state index contributed by atoms with van der Waals surface area (Å²) in [5.74, 6) is -0.555. The average molecular weight is 511 g/mol. The van der Waals surface area contributed by atoms with Crippen molar-refractivity contribution in [1.29, 1.82) is 0 Å². The van der Waals surface area contributed by atoms with Gasteiger partial charge < -0.3 is 24.9 Å². The van der Waals surface area contributed by atoms with Crippen LogP contribution in [0.1, 0.15) is 43.2 Å². The van der Waals surface area contributed by atoms with Gasteiger partial charge in [-0.25, -0.2) is 9.36 Å². The third kappa shape index (κ3) is 6.16. The summed E-state index contributed by atoms with van der Waals surface area (Å²) in [6.45, 7) is 4.24. The lowest BCUT2D eigenvalue weighted by Crippen LogP contribution is -2.44. The number of phosphoric acid groups is 1. The Morgan fingerprint density at radius 1 is 1.23 bits per heavy atom. The quantitative estimate of drug-likeness (QED) is 0.356. The Bertz CT molecular complexity index is 1230. The van der Waals surface area contributed by atoms with E-state index >= 15 is 0 Å². The molecule has 12 nitrogen and oxygen atoms in total. The molecule has 35 heavy (non-hydrogen) atoms. The number of para-hydroxylation sites is 1. The number of benzene rings is 1. The van der Waals surface area contributed by atoms with Gasteiger partial charge in [-0.2, -0.15) is 0 Å². The van der Waals surface area contributed by atoms with Crippen LogP contribution in [0.5, 0.6) is 0 Å². The van der Waals surface area contributed by atoms with Crippen LogP contribution in [0, 0.1) is 6.92 Å². The van der Waals surface area contributed by atoms with Crippen LogP contribution in [0.3, 0.4) is 0 Å². The summed E-state index contributed by atoms with van der Waals surface area (Å²) in [5, 5.41) is 12.3. The zero-order valence-corrected chi connectivity index (χ0v) is 20.6. The molecule has 1 amide bonds. The normalized spacial score (nSPS) is 20.2. The monoisotopic (exact) mass is 511 g/mol. The van der Waals surface area contributed by atoms with Crippen LogP contribution in [0.25, 0.3) is 0 Å². The van der Waals surface area contributed by atoms with Crippen LogP contribution < -0.4 is 16.6 Å². The number of anilines is 1. The Morgan fingerprint density at radius 2 is 1.86 bits per heavy atom. The number of ether oxygens (including phenoxy) is 1. The molecule has 3 rings (SSSR count). The maximum atomic E-state index is 13.2. The number of aliphatic hydroxyl groups excluding tert-OH is 1. The molecular formula is C22H30N3O9P. The minimum atomic E-state index is -4.87. The minimum Gasteiger partial charge on any atom is -0.394 e. The summed E-state index contributed by atoms with van der Waals surface area (Å²) in [5.41, 5.74) is 1.18. The molecule has 3 atom stereocenters. The van der Waals surface area contributed by atoms with E-state index in [1.807, 2.05) is 32.0 Å². The lowest BCUT2D eigenvalue weighted by Gasteiger charge is -2.18. The summed E-state index contributed by atoms with van der Waals surface area (Å²) in [6.07, 6.45) is -0.894. The topological polar surface area (TPSA) is 169 Å². The molecule has 0 spiro atoms. The summed E-state index contributed by atoms with van der Waals surface area (Å²) in [4.78, 5) is 57.0. The number of amides is 1. The summed E-state index contributed by atoms with van der Waals surface area (Å²) < 4.78 is 23.4. The highest BCUT2D eigenvalue weighted by molar-refractivity contribution is 7.46. The number of rotatable bonds is 9. The molecule has 192 valence electrons. The van der Waals surface area contributed by atoms with E-state index in [-0.39, 0.29) is 12.0 Å². The Kier molecular flexibility index (Phi) is 8.47. The fourth-order valence-corrected chi connectivity index (χ4v) is 4.73. The summed E-state index contributed by atoms with van der Waals surface area (Å²) in [6, 6.07) is 5.69. The molecule has 1 saturated heterocycles. The number of carbonyl (C=O) groups excluding carboxylic acids is 1. The van der Waals surface area contributed by atoms with E-state index in [9.17, 15) is 24.1 Å². The van der Waals surface area contributed by atoms with E-state index in [0.717, 1.165) is 20.3 Å². The number of aliphatic hydroxyl groups is 1. The number of nitrogens with one attached hydrogen (secondary N) is 1. The van der Waals surface area contributed by atoms with Crippen molar-refractivity contribution in [3.63, 3.8) is 0 Å². The number of aromatic nitrogens is 2. The Morgan fingerprint density at radius 3 is 2.40 bits per heavy atom. The fraction of sp³-hybridized carbons (Fsp3) is 0.500. The molecule has 1 aromatic heterocycles. The molecule has 4 N–H and O–H groups in total. The Labute approximate surface area is 201 Å². The first kappa shape index (κ1) is 27.0. The SMILES string of the molecule is CCc1cccc(CC)c1NC(=O)Cn1c(=O)c(C)cn([C@H]2C[C@H](OP(=O)(O)O)[C@@H](CO)O2)c1=O. The van der Waals surface area contributed by atoms with Crippen molar-refractivity contribution in [2.45, 2.75) is 65.0 Å². The predicted octanol–water partition coefficient (Wildman–Crippen LogP) is 0.840. The van der Waals surface area contributed by atoms with Crippen LogP contribution in [0.15, 0.2) is 34.0 Å². The van der Waals surface area contributed by atoms with E-state index in [1.165, 1.54) is 13.1 Å². The first-order chi connectivity index (χ1) is 16.5. The number of nitrogens with zero attached hydrogens (tertiary/aromatic N) is 2. The average Bonchev–Trinajstić information content (AvgIpc) is 3.19. The van der Waals surface area contributed by atoms with Crippen molar-refractivity contribution in [2.75, 3.05) is 11.9 Å². The first-order valence-corrected chi connectivity index (χ1v) is 12.8. The molecule has 1 fully saturated rings. The van der Waals surface area contributed by atoms with Gasteiger partial charge in [-0.3, -0.25) is 23.2 Å². The molecule has 0 saturated carbocycles. The van der Waals surface area contributed by atoms with Gasteiger partial charge in [0.1, 0.15) is 25.0 Å². The zero-order valence-electron chi connectivity index (χ0n) is 19.7. The highest BCUT2D eigenvalue weighted by Gasteiger charge is 2.41. The summed E-state index contributed by atoms with van der Waals surface area (Å²) >= 11 is 0. The number of hydrogen-bond acceptors (Lipinski definition) is 7. The third-order valence-corrected chi connectivity index (χ3v) is 6.42. The molecule has 13 heteroatoms. The van der Waals surface area contributed by atoms with E-state index in [2.05, 4.69) is 9.84 Å². The molecule has 1 aliphatic rings. The van der Waals surface area contributed by atoms with Crippen molar-refractivity contribution in [1.82, 2.24) is 9.13 Å². The van der Waals surface area contributed by atoms with Crippen molar-refractivity contribution in [2.24, 2.45) is 0 Å². The number of carbonyl (C=O) groups is 1. The predicted molar refractivity (Wildman–Crippen MR) is 126 cm³/mol. The van der Waals surface area contributed by atoms with Gasteiger partial charge in [0.15, 0.2) is 0 Å². The van der Waals surface area contributed by atoms with Crippen molar-refractivity contribution >= 4 is 19.4 Å². The van der Waals surface area contributed by atoms with Gasteiger partial charge in [-0.15, -0.1) is 0 Å². The van der Waals surface area contributed by atoms with Gasteiger partial charge in [0, 0.05) is 23.9 Å². The van der Waals surface area contributed by atoms with Crippen molar-refractivity contribution in [3.05, 3.63) is 61.9 Å². The van der Waals surface area contributed by atoms with E-state index in [4.69, 9.17) is 14.5 Å². The molecule has 2 heterocycles. The fourth-order valence-electron chi connectivity index (χ4n) is 4.15. The number of hydrogen-bond donors (Lipinski definition) is 4. The molecule has 0 radical (unpaired) electrons. The van der Waals surface area contributed by atoms with Gasteiger partial charge in [0.05, 0.1) is 6.61 Å². The molecule has 0 aliphatic carbocycles. The smallest absolute Gasteiger partial charge is 0.394 e. The van der Waals surface area contributed by atoms with Crippen LogP contribution in [-0.2, 0) is 38.0 Å². The van der Waals surface area contributed by atoms with Crippen LogP contribution in [-0.4, -0.2) is 48.7 Å². The first-order valence-electron chi connectivity index (χ1n) is 11.2. The molecule has 1 aromatic carbocycles. The van der Waals surface area contributed by atoms with Crippen LogP contribution in [0.2, 0.25) is 0 Å². The third-order valence-electron chi connectivity index (χ3n) is 5.88. The highest BCUT2D eigenvalue weighted by atomic mass is 31.2. The number of aryl methyl sites for hydroxylation is 3. The molecule has 1 aliphatic heterocycles. The second kappa shape index (κ2) is 11.0. The second-order valence-corrected chi connectivity index (χ2v) is 9.47. The van der Waals surface area contributed by atoms with Crippen LogP contribution in [0.4, 0.5) is 5.69 Å². The maximum absolute atomic E-state index is 13.2. The lowest BCUT2D eigenvalue weighted by atomic mass is 10.0. The highest BCUT2D eigenvalue weighted by Crippen LogP contribution is 2.43. The number of phosphoric ester groups is 1. The van der Waals surface area contributed by atoms with Gasteiger partial charge in [0.25, 0.3) is 5.56 Å². The van der Waals surface area contributed by atoms with Gasteiger partial charge in [0.2, 0.25) is 5.91 Å². The van der Waals surface area contributed by atoms with Crippen molar-refractivity contribution in [3.8, 4) is 0 Å². The minimum absolute atomic E-state index is 0.157. The van der Waals surface area contributed by atoms with E-state index in [1.54, 1.807) is 0 Å². The van der Waals surface area contributed by atoms with Gasteiger partial charge in [-0.05, 0) is 30.9 Å². The lowest BCUT2D eigenvalue weighted by molar-refractivity contribution is -0.116. The largest absolute Gasteiger partial charge is 0.469 e. The molecule has 2 aromatic rings. The molecular weight excluding hydrogens is 481 g/mol.